The number of nitrogens with two attached hydrogens (primary N) is 1. The highest BCUT2D eigenvalue weighted by atomic mass is 32.2. The van der Waals surface area contributed by atoms with Crippen molar-refractivity contribution < 1.29 is 26.5 Å². The van der Waals surface area contributed by atoms with Gasteiger partial charge in [-0.1, -0.05) is 29.8 Å². The van der Waals surface area contributed by atoms with E-state index < -0.39 is 26.4 Å². The second-order valence-corrected chi connectivity index (χ2v) is 9.36. The number of nitrogens with one attached hydrogen (secondary N) is 1. The van der Waals surface area contributed by atoms with E-state index in [1.807, 2.05) is 6.92 Å². The minimum absolute atomic E-state index is 0.0666. The molecule has 0 fully saturated rings. The average Bonchev–Trinajstić information content (AvgIpc) is 2.61. The van der Waals surface area contributed by atoms with Crippen LogP contribution in [0, 0.1) is 6.92 Å². The Bertz CT molecular complexity index is 957. The normalized spacial score (nSPS) is 12.8. The molecule has 1 unspecified atom stereocenters. The van der Waals surface area contributed by atoms with Crippen molar-refractivity contribution in [1.29, 1.82) is 0 Å². The van der Waals surface area contributed by atoms with Gasteiger partial charge in [0.2, 0.25) is 0 Å². The standard InChI is InChI=1S/C10H17N3O3S.C7H8O3S/c1-13(2)17(15,16)12-9-5-3-8(4-6-9)10(14)7-11;1-6-2-4-7(5-3-6)11(8,9)10/h3-6,10,12,14H,7,11H2,1-2H3;2-5H,1H3,(H,8,9,10). The molecule has 0 amide bonds. The van der Waals surface area contributed by atoms with Gasteiger partial charge in [-0.2, -0.15) is 21.1 Å². The minimum Gasteiger partial charge on any atom is -0.387 e. The van der Waals surface area contributed by atoms with Gasteiger partial charge in [0.25, 0.3) is 10.1 Å². The van der Waals surface area contributed by atoms with Crippen molar-refractivity contribution in [1.82, 2.24) is 4.31 Å². The van der Waals surface area contributed by atoms with Crippen molar-refractivity contribution in [3.8, 4) is 0 Å². The predicted molar refractivity (Wildman–Crippen MR) is 108 cm³/mol. The summed E-state index contributed by atoms with van der Waals surface area (Å²) in [6.07, 6.45) is -0.727. The van der Waals surface area contributed by atoms with Crippen LogP contribution in [0.3, 0.4) is 0 Å². The highest BCUT2D eigenvalue weighted by Gasteiger charge is 2.13. The molecule has 0 saturated heterocycles. The maximum Gasteiger partial charge on any atom is 0.301 e. The van der Waals surface area contributed by atoms with Crippen LogP contribution < -0.4 is 10.5 Å². The van der Waals surface area contributed by atoms with Gasteiger partial charge in [-0.3, -0.25) is 9.27 Å². The summed E-state index contributed by atoms with van der Waals surface area (Å²) < 4.78 is 56.1. The molecule has 0 aliphatic heterocycles. The molecule has 2 aromatic rings. The monoisotopic (exact) mass is 431 g/mol. The minimum atomic E-state index is -4.02. The van der Waals surface area contributed by atoms with E-state index in [-0.39, 0.29) is 11.4 Å². The third kappa shape index (κ3) is 7.54. The highest BCUT2D eigenvalue weighted by molar-refractivity contribution is 7.90. The van der Waals surface area contributed by atoms with E-state index in [0.29, 0.717) is 11.3 Å². The van der Waals surface area contributed by atoms with Gasteiger partial charge >= 0.3 is 10.2 Å². The second-order valence-electron chi connectivity index (χ2n) is 6.05. The molecule has 0 bridgehead atoms. The first kappa shape index (κ1) is 24.0. The van der Waals surface area contributed by atoms with E-state index in [1.54, 1.807) is 36.4 Å². The van der Waals surface area contributed by atoms with Crippen molar-refractivity contribution in [3.05, 3.63) is 59.7 Å². The number of aliphatic hydroxyl groups excluding tert-OH is 1. The summed E-state index contributed by atoms with van der Waals surface area (Å²) >= 11 is 0. The van der Waals surface area contributed by atoms with Gasteiger partial charge in [-0.15, -0.1) is 0 Å². The lowest BCUT2D eigenvalue weighted by atomic mass is 10.1. The first-order valence-corrected chi connectivity index (χ1v) is 11.0. The van der Waals surface area contributed by atoms with Crippen LogP contribution in [0.4, 0.5) is 5.69 Å². The fourth-order valence-electron chi connectivity index (χ4n) is 1.86. The Balaban J connectivity index is 0.000000307. The molecule has 28 heavy (non-hydrogen) atoms. The molecule has 1 atom stereocenters. The van der Waals surface area contributed by atoms with E-state index in [4.69, 9.17) is 10.3 Å². The predicted octanol–water partition coefficient (Wildman–Crippen LogP) is 1.14. The van der Waals surface area contributed by atoms with Crippen LogP contribution in [-0.2, 0) is 20.3 Å². The second kappa shape index (κ2) is 9.96. The summed E-state index contributed by atoms with van der Waals surface area (Å²) in [5.74, 6) is 0. The van der Waals surface area contributed by atoms with Crippen LogP contribution in [0.2, 0.25) is 0 Å². The molecular weight excluding hydrogens is 406 g/mol. The van der Waals surface area contributed by atoms with Crippen molar-refractivity contribution >= 4 is 26.0 Å². The first-order valence-electron chi connectivity index (χ1n) is 8.09. The number of hydrogen-bond donors (Lipinski definition) is 4. The Hall–Kier alpha value is -2.02. The molecule has 0 aliphatic rings. The molecule has 9 nitrogen and oxygen atoms in total. The lowest BCUT2D eigenvalue weighted by molar-refractivity contribution is 0.187. The summed E-state index contributed by atoms with van der Waals surface area (Å²) in [5, 5.41) is 9.47. The van der Waals surface area contributed by atoms with Gasteiger partial charge in [0.1, 0.15) is 0 Å². The molecule has 0 spiro atoms. The summed E-state index contributed by atoms with van der Waals surface area (Å²) in [6.45, 7) is 1.97. The maximum atomic E-state index is 11.5. The Morgan fingerprint density at radius 1 is 1.00 bits per heavy atom. The number of anilines is 1. The zero-order chi connectivity index (χ0) is 21.5. The molecule has 5 N–H and O–H groups in total. The summed E-state index contributed by atoms with van der Waals surface area (Å²) in [6, 6.07) is 12.4. The molecule has 156 valence electrons. The number of benzene rings is 2. The van der Waals surface area contributed by atoms with Crippen LogP contribution in [-0.4, -0.2) is 51.4 Å². The number of nitrogens with zero attached hydrogens (tertiary/aromatic N) is 1. The molecule has 0 heterocycles. The van der Waals surface area contributed by atoms with Crippen molar-refractivity contribution in [2.75, 3.05) is 25.4 Å². The third-order valence-electron chi connectivity index (χ3n) is 3.57. The van der Waals surface area contributed by atoms with Crippen molar-refractivity contribution in [3.63, 3.8) is 0 Å². The van der Waals surface area contributed by atoms with Crippen LogP contribution in [0.5, 0.6) is 0 Å². The fraction of sp³-hybridized carbons (Fsp3) is 0.294. The number of aryl methyl sites for hydroxylation is 1. The van der Waals surface area contributed by atoms with E-state index in [2.05, 4.69) is 4.72 Å². The fourth-order valence-corrected chi connectivity index (χ4v) is 2.96. The molecule has 2 aromatic carbocycles. The maximum absolute atomic E-state index is 11.5. The van der Waals surface area contributed by atoms with Gasteiger partial charge in [-0.25, -0.2) is 0 Å². The smallest absolute Gasteiger partial charge is 0.301 e. The van der Waals surface area contributed by atoms with Crippen molar-refractivity contribution in [2.45, 2.75) is 17.9 Å². The Morgan fingerprint density at radius 2 is 1.50 bits per heavy atom. The van der Waals surface area contributed by atoms with Crippen LogP contribution >= 0.6 is 0 Å². The largest absolute Gasteiger partial charge is 0.387 e. The Kier molecular flexibility index (Phi) is 8.54. The van der Waals surface area contributed by atoms with E-state index in [1.165, 1.54) is 26.2 Å². The molecule has 0 radical (unpaired) electrons. The van der Waals surface area contributed by atoms with Gasteiger partial charge in [0, 0.05) is 26.3 Å². The quantitative estimate of drug-likeness (QED) is 0.501. The lowest BCUT2D eigenvalue weighted by Gasteiger charge is -2.14. The zero-order valence-corrected chi connectivity index (χ0v) is 17.4. The molecule has 11 heteroatoms. The van der Waals surface area contributed by atoms with Gasteiger partial charge < -0.3 is 10.8 Å². The Labute approximate surface area is 165 Å². The third-order valence-corrected chi connectivity index (χ3v) is 5.89. The SMILES string of the molecule is CN(C)S(=O)(=O)Nc1ccc(C(O)CN)cc1.Cc1ccc(S(=O)(=O)O)cc1. The number of aliphatic hydroxyl groups is 1. The first-order chi connectivity index (χ1) is 12.9. The number of hydrogen-bond acceptors (Lipinski definition) is 6. The van der Waals surface area contributed by atoms with Crippen LogP contribution in [0.15, 0.2) is 53.4 Å². The number of rotatable bonds is 6. The average molecular weight is 432 g/mol. The van der Waals surface area contributed by atoms with Gasteiger partial charge in [0.15, 0.2) is 0 Å². The topological polar surface area (TPSA) is 150 Å². The van der Waals surface area contributed by atoms with Crippen molar-refractivity contribution in [2.24, 2.45) is 5.73 Å². The van der Waals surface area contributed by atoms with E-state index in [0.717, 1.165) is 9.87 Å². The molecule has 0 aromatic heterocycles. The molecular formula is C17H25N3O6S2. The van der Waals surface area contributed by atoms with Gasteiger partial charge in [-0.05, 0) is 36.8 Å². The summed E-state index contributed by atoms with van der Waals surface area (Å²) in [4.78, 5) is -0.0666. The molecule has 0 saturated carbocycles. The Morgan fingerprint density at radius 3 is 1.89 bits per heavy atom. The molecule has 2 rings (SSSR count). The summed E-state index contributed by atoms with van der Waals surface area (Å²) in [7, 11) is -4.63. The van der Waals surface area contributed by atoms with E-state index >= 15 is 0 Å². The molecule has 0 aliphatic carbocycles. The van der Waals surface area contributed by atoms with Crippen LogP contribution in [0.25, 0.3) is 0 Å². The van der Waals surface area contributed by atoms with Gasteiger partial charge in [0.05, 0.1) is 11.0 Å². The highest BCUT2D eigenvalue weighted by Crippen LogP contribution is 2.16. The van der Waals surface area contributed by atoms with Crippen LogP contribution in [0.1, 0.15) is 17.2 Å². The lowest BCUT2D eigenvalue weighted by Crippen LogP contribution is -2.28. The van der Waals surface area contributed by atoms with E-state index in [9.17, 15) is 21.9 Å². The zero-order valence-electron chi connectivity index (χ0n) is 15.8. The summed E-state index contributed by atoms with van der Waals surface area (Å²) in [5.41, 5.74) is 7.36.